The lowest BCUT2D eigenvalue weighted by molar-refractivity contribution is -0.384. The third kappa shape index (κ3) is 4.75. The number of nitro groups is 1. The van der Waals surface area contributed by atoms with Gasteiger partial charge in [0, 0.05) is 43.3 Å². The number of carbonyl (C=O) groups excluding carboxylic acids is 1. The predicted octanol–water partition coefficient (Wildman–Crippen LogP) is 3.59. The van der Waals surface area contributed by atoms with Gasteiger partial charge in [0.15, 0.2) is 0 Å². The molecular weight excluding hydrogens is 380 g/mol. The molecule has 3 rings (SSSR count). The van der Waals surface area contributed by atoms with Crippen molar-refractivity contribution >= 4 is 29.7 Å². The Kier molecular flexibility index (Phi) is 7.66. The van der Waals surface area contributed by atoms with Gasteiger partial charge >= 0.3 is 0 Å². The molecule has 8 heteroatoms. The molecule has 0 saturated carbocycles. The highest BCUT2D eigenvalue weighted by Gasteiger charge is 2.31. The molecule has 0 bridgehead atoms. The molecule has 1 aromatic carbocycles. The number of nitrogens with two attached hydrogens (primary N) is 1. The predicted molar refractivity (Wildman–Crippen MR) is 113 cm³/mol. The van der Waals surface area contributed by atoms with Gasteiger partial charge < -0.3 is 15.5 Å². The van der Waals surface area contributed by atoms with Gasteiger partial charge in [0.25, 0.3) is 11.6 Å². The van der Waals surface area contributed by atoms with Crippen LogP contribution in [0.15, 0.2) is 18.2 Å². The van der Waals surface area contributed by atoms with E-state index in [1.807, 2.05) is 6.92 Å². The zero-order valence-electron chi connectivity index (χ0n) is 16.7. The number of carbonyl (C=O) groups is 1. The van der Waals surface area contributed by atoms with Crippen molar-refractivity contribution < 1.29 is 9.72 Å². The standard InChI is InChI=1S/C20H30N4O3.ClH/c1-14-8-11-22(12-9-14)18-7-6-16(13-19(18)24(26)27)20(25)23-10-4-3-5-17(23)15(2)21;/h6-7,13-15,17H,3-5,8-12,21H2,1-2H3;1H. The highest BCUT2D eigenvalue weighted by Crippen LogP contribution is 2.33. The second-order valence-corrected chi connectivity index (χ2v) is 8.05. The molecule has 1 amide bonds. The average molecular weight is 411 g/mol. The van der Waals surface area contributed by atoms with Crippen LogP contribution in [-0.2, 0) is 0 Å². The van der Waals surface area contributed by atoms with Crippen molar-refractivity contribution in [1.29, 1.82) is 0 Å². The van der Waals surface area contributed by atoms with E-state index in [4.69, 9.17) is 5.73 Å². The van der Waals surface area contributed by atoms with E-state index in [1.165, 1.54) is 6.07 Å². The van der Waals surface area contributed by atoms with Crippen LogP contribution in [0.1, 0.15) is 56.3 Å². The molecular formula is C20H31ClN4O3. The first kappa shape index (κ1) is 22.4. The Morgan fingerprint density at radius 3 is 2.50 bits per heavy atom. The maximum atomic E-state index is 13.1. The number of hydrogen-bond donors (Lipinski definition) is 1. The second-order valence-electron chi connectivity index (χ2n) is 8.05. The number of anilines is 1. The van der Waals surface area contributed by atoms with Crippen molar-refractivity contribution in [1.82, 2.24) is 4.90 Å². The number of nitrogens with zero attached hydrogens (tertiary/aromatic N) is 3. The van der Waals surface area contributed by atoms with E-state index in [0.29, 0.717) is 23.7 Å². The van der Waals surface area contributed by atoms with Crippen LogP contribution < -0.4 is 10.6 Å². The van der Waals surface area contributed by atoms with Gasteiger partial charge in [0.05, 0.1) is 4.92 Å². The summed E-state index contributed by atoms with van der Waals surface area (Å²) in [7, 11) is 0. The van der Waals surface area contributed by atoms with E-state index in [-0.39, 0.29) is 41.0 Å². The maximum Gasteiger partial charge on any atom is 0.293 e. The number of hydrogen-bond acceptors (Lipinski definition) is 5. The SMILES string of the molecule is CC1CCN(c2ccc(C(=O)N3CCCCC3C(C)N)cc2[N+](=O)[O-])CC1.Cl. The molecule has 1 aromatic rings. The molecule has 2 unspecified atom stereocenters. The van der Waals surface area contributed by atoms with E-state index in [9.17, 15) is 14.9 Å². The molecule has 2 aliphatic heterocycles. The molecule has 28 heavy (non-hydrogen) atoms. The van der Waals surface area contributed by atoms with Crippen molar-refractivity contribution in [3.8, 4) is 0 Å². The van der Waals surface area contributed by atoms with Gasteiger partial charge in [-0.3, -0.25) is 14.9 Å². The summed E-state index contributed by atoms with van der Waals surface area (Å²) in [5.41, 5.74) is 7.09. The molecule has 156 valence electrons. The van der Waals surface area contributed by atoms with Crippen molar-refractivity contribution in [2.45, 2.75) is 58.0 Å². The molecule has 0 spiro atoms. The zero-order valence-corrected chi connectivity index (χ0v) is 17.5. The van der Waals surface area contributed by atoms with Crippen molar-refractivity contribution in [3.63, 3.8) is 0 Å². The van der Waals surface area contributed by atoms with Crippen LogP contribution in [0.2, 0.25) is 0 Å². The van der Waals surface area contributed by atoms with Crippen molar-refractivity contribution in [3.05, 3.63) is 33.9 Å². The van der Waals surface area contributed by atoms with Crippen molar-refractivity contribution in [2.75, 3.05) is 24.5 Å². The number of nitro benzene ring substituents is 1. The highest BCUT2D eigenvalue weighted by atomic mass is 35.5. The first-order valence-electron chi connectivity index (χ1n) is 9.98. The Morgan fingerprint density at radius 2 is 1.89 bits per heavy atom. The number of amides is 1. The van der Waals surface area contributed by atoms with Crippen LogP contribution in [0, 0.1) is 16.0 Å². The molecule has 0 radical (unpaired) electrons. The summed E-state index contributed by atoms with van der Waals surface area (Å²) in [6.07, 6.45) is 4.95. The molecule has 0 aromatic heterocycles. The first-order chi connectivity index (χ1) is 12.9. The van der Waals surface area contributed by atoms with Crippen LogP contribution in [-0.4, -0.2) is 47.4 Å². The van der Waals surface area contributed by atoms with Gasteiger partial charge in [0.1, 0.15) is 5.69 Å². The Morgan fingerprint density at radius 1 is 1.21 bits per heavy atom. The number of benzene rings is 1. The van der Waals surface area contributed by atoms with Gasteiger partial charge in [-0.25, -0.2) is 0 Å². The molecule has 2 aliphatic rings. The van der Waals surface area contributed by atoms with Gasteiger partial charge in [0.2, 0.25) is 0 Å². The number of halogens is 1. The van der Waals surface area contributed by atoms with Crippen molar-refractivity contribution in [2.24, 2.45) is 11.7 Å². The van der Waals surface area contributed by atoms with E-state index >= 15 is 0 Å². The Labute approximate surface area is 172 Å². The number of likely N-dealkylation sites (tertiary alicyclic amines) is 1. The van der Waals surface area contributed by atoms with Crippen LogP contribution in [0.25, 0.3) is 0 Å². The molecule has 2 heterocycles. The summed E-state index contributed by atoms with van der Waals surface area (Å²) in [5, 5.41) is 11.7. The summed E-state index contributed by atoms with van der Waals surface area (Å²) in [6.45, 7) is 6.41. The summed E-state index contributed by atoms with van der Waals surface area (Å²) in [4.78, 5) is 28.2. The molecule has 2 N–H and O–H groups in total. The summed E-state index contributed by atoms with van der Waals surface area (Å²) < 4.78 is 0. The smallest absolute Gasteiger partial charge is 0.293 e. The Bertz CT molecular complexity index is 705. The van der Waals surface area contributed by atoms with Gasteiger partial charge in [-0.2, -0.15) is 0 Å². The number of rotatable bonds is 4. The lowest BCUT2D eigenvalue weighted by atomic mass is 9.95. The Hall–Kier alpha value is -1.86. The van der Waals surface area contributed by atoms with Crippen LogP contribution in [0.3, 0.4) is 0 Å². The largest absolute Gasteiger partial charge is 0.366 e. The Balaban J connectivity index is 0.00000280. The lowest BCUT2D eigenvalue weighted by Crippen LogP contribution is -2.51. The van der Waals surface area contributed by atoms with E-state index < -0.39 is 0 Å². The highest BCUT2D eigenvalue weighted by molar-refractivity contribution is 5.96. The normalized spacial score (nSPS) is 21.8. The van der Waals surface area contributed by atoms with Crippen LogP contribution >= 0.6 is 12.4 Å². The fraction of sp³-hybridized carbons (Fsp3) is 0.650. The molecule has 7 nitrogen and oxygen atoms in total. The minimum absolute atomic E-state index is 0. The summed E-state index contributed by atoms with van der Waals surface area (Å²) in [6, 6.07) is 4.80. The summed E-state index contributed by atoms with van der Waals surface area (Å²) >= 11 is 0. The lowest BCUT2D eigenvalue weighted by Gasteiger charge is -2.38. The molecule has 0 aliphatic carbocycles. The quantitative estimate of drug-likeness (QED) is 0.604. The van der Waals surface area contributed by atoms with E-state index in [1.54, 1.807) is 17.0 Å². The van der Waals surface area contributed by atoms with Crippen LogP contribution in [0.4, 0.5) is 11.4 Å². The third-order valence-electron chi connectivity index (χ3n) is 5.96. The minimum atomic E-state index is -0.372. The monoisotopic (exact) mass is 410 g/mol. The molecule has 2 saturated heterocycles. The molecule has 2 atom stereocenters. The van der Waals surface area contributed by atoms with E-state index in [0.717, 1.165) is 45.2 Å². The van der Waals surface area contributed by atoms with Gasteiger partial charge in [-0.1, -0.05) is 6.92 Å². The molecule has 2 fully saturated rings. The van der Waals surface area contributed by atoms with Gasteiger partial charge in [-0.15, -0.1) is 12.4 Å². The van der Waals surface area contributed by atoms with E-state index in [2.05, 4.69) is 11.8 Å². The fourth-order valence-electron chi connectivity index (χ4n) is 4.24. The minimum Gasteiger partial charge on any atom is -0.366 e. The third-order valence-corrected chi connectivity index (χ3v) is 5.96. The topological polar surface area (TPSA) is 92.7 Å². The first-order valence-corrected chi connectivity index (χ1v) is 9.98. The number of piperidine rings is 2. The zero-order chi connectivity index (χ0) is 19.6. The average Bonchev–Trinajstić information content (AvgIpc) is 2.67. The fourth-order valence-corrected chi connectivity index (χ4v) is 4.24. The second kappa shape index (κ2) is 9.56. The summed E-state index contributed by atoms with van der Waals surface area (Å²) in [5.74, 6) is 0.495. The van der Waals surface area contributed by atoms with Crippen LogP contribution in [0.5, 0.6) is 0 Å². The van der Waals surface area contributed by atoms with Gasteiger partial charge in [-0.05, 0) is 57.1 Å². The maximum absolute atomic E-state index is 13.1.